The average molecular weight is 383 g/mol. The van der Waals surface area contributed by atoms with Crippen molar-refractivity contribution in [3.05, 3.63) is 40.1 Å². The van der Waals surface area contributed by atoms with Crippen LogP contribution in [-0.4, -0.2) is 14.2 Å². The van der Waals surface area contributed by atoms with Crippen LogP contribution in [0.15, 0.2) is 29.5 Å². The van der Waals surface area contributed by atoms with Gasteiger partial charge in [0, 0.05) is 17.7 Å². The standard InChI is InChI=1S/C18H23ClN2O3S/c1-12-15(7-8-17(12)22)20-16-6-5-13(11-14(16)19)18(21-25(23)24)9-3-2-4-10-18/h5-6,11,20,25H,2-4,7-10H2,1H3,(H,21,23,24). The molecular weight excluding hydrogens is 360 g/mol. The van der Waals surface area contributed by atoms with Gasteiger partial charge in [-0.15, -0.1) is 0 Å². The Balaban J connectivity index is 1.89. The molecule has 1 fully saturated rings. The van der Waals surface area contributed by atoms with Crippen LogP contribution in [0.1, 0.15) is 57.4 Å². The molecule has 7 heteroatoms. The molecule has 0 saturated heterocycles. The lowest BCUT2D eigenvalue weighted by Crippen LogP contribution is -2.43. The molecular formula is C18H23ClN2O3S. The Hall–Kier alpha value is -1.37. The molecule has 1 saturated carbocycles. The fourth-order valence-corrected chi connectivity index (χ4v) is 4.74. The molecule has 1 aromatic rings. The number of nitrogens with one attached hydrogen (secondary N) is 2. The van der Waals surface area contributed by atoms with Crippen LogP contribution in [0, 0.1) is 0 Å². The number of halogens is 1. The maximum absolute atomic E-state index is 11.7. The number of Topliss-reactive ketones (excluding diaryl/α,β-unsaturated/α-hetero) is 1. The van der Waals surface area contributed by atoms with Gasteiger partial charge in [-0.3, -0.25) is 4.79 Å². The van der Waals surface area contributed by atoms with Gasteiger partial charge in [0.1, 0.15) is 0 Å². The van der Waals surface area contributed by atoms with Gasteiger partial charge in [-0.25, -0.2) is 13.1 Å². The third kappa shape index (κ3) is 3.91. The zero-order chi connectivity index (χ0) is 18.0. The van der Waals surface area contributed by atoms with Gasteiger partial charge in [-0.1, -0.05) is 36.9 Å². The molecule has 0 unspecified atom stereocenters. The van der Waals surface area contributed by atoms with E-state index in [2.05, 4.69) is 10.0 Å². The highest BCUT2D eigenvalue weighted by Gasteiger charge is 2.35. The Labute approximate surface area is 154 Å². The number of carbonyl (C=O) groups excluding carboxylic acids is 1. The third-order valence-electron chi connectivity index (χ3n) is 5.29. The number of hydrogen-bond donors (Lipinski definition) is 3. The Bertz CT molecular complexity index is 788. The average Bonchev–Trinajstić information content (AvgIpc) is 2.89. The number of hydrogen-bond acceptors (Lipinski definition) is 4. The minimum Gasteiger partial charge on any atom is -0.357 e. The highest BCUT2D eigenvalue weighted by molar-refractivity contribution is 7.70. The summed E-state index contributed by atoms with van der Waals surface area (Å²) in [6.45, 7) is 1.83. The molecule has 3 rings (SSSR count). The molecule has 2 N–H and O–H groups in total. The molecule has 0 amide bonds. The first-order valence-electron chi connectivity index (χ1n) is 8.63. The Morgan fingerprint density at radius 1 is 1.12 bits per heavy atom. The predicted molar refractivity (Wildman–Crippen MR) is 100 cm³/mol. The summed E-state index contributed by atoms with van der Waals surface area (Å²) in [7, 11) is -2.69. The van der Waals surface area contributed by atoms with E-state index in [1.807, 2.05) is 25.1 Å². The number of anilines is 1. The van der Waals surface area contributed by atoms with Crippen molar-refractivity contribution < 1.29 is 13.2 Å². The molecule has 0 heterocycles. The highest BCUT2D eigenvalue weighted by Crippen LogP contribution is 2.39. The summed E-state index contributed by atoms with van der Waals surface area (Å²) < 4.78 is 25.4. The molecule has 0 radical (unpaired) electrons. The largest absolute Gasteiger partial charge is 0.357 e. The lowest BCUT2D eigenvalue weighted by molar-refractivity contribution is -0.114. The molecule has 136 valence electrons. The molecule has 2 aliphatic carbocycles. The number of benzene rings is 1. The van der Waals surface area contributed by atoms with Crippen LogP contribution >= 0.6 is 11.6 Å². The molecule has 5 nitrogen and oxygen atoms in total. The van der Waals surface area contributed by atoms with Crippen LogP contribution < -0.4 is 10.0 Å². The van der Waals surface area contributed by atoms with E-state index in [1.165, 1.54) is 0 Å². The zero-order valence-electron chi connectivity index (χ0n) is 14.2. The quantitative estimate of drug-likeness (QED) is 0.679. The van der Waals surface area contributed by atoms with Gasteiger partial charge < -0.3 is 5.32 Å². The van der Waals surface area contributed by atoms with Crippen LogP contribution in [0.2, 0.25) is 5.02 Å². The predicted octanol–water partition coefficient (Wildman–Crippen LogP) is 3.66. The monoisotopic (exact) mass is 382 g/mol. The van der Waals surface area contributed by atoms with Crippen molar-refractivity contribution in [2.75, 3.05) is 5.32 Å². The van der Waals surface area contributed by atoms with E-state index in [1.54, 1.807) is 0 Å². The SMILES string of the molecule is CC1=C(Nc2ccc(C3(N[SH](=O)=O)CCCCC3)cc2Cl)CCC1=O. The summed E-state index contributed by atoms with van der Waals surface area (Å²) >= 11 is 6.46. The minimum atomic E-state index is -2.69. The van der Waals surface area contributed by atoms with Crippen molar-refractivity contribution in [1.82, 2.24) is 4.72 Å². The van der Waals surface area contributed by atoms with E-state index >= 15 is 0 Å². The summed E-state index contributed by atoms with van der Waals surface area (Å²) in [5.41, 5.74) is 2.75. The Kier molecular flexibility index (Phi) is 5.51. The molecule has 0 spiro atoms. The maximum atomic E-state index is 11.7. The number of allylic oxidation sites excluding steroid dienone is 2. The molecule has 1 aromatic carbocycles. The van der Waals surface area contributed by atoms with Crippen molar-refractivity contribution in [2.24, 2.45) is 0 Å². The molecule has 0 aliphatic heterocycles. The van der Waals surface area contributed by atoms with Crippen molar-refractivity contribution in [3.63, 3.8) is 0 Å². The van der Waals surface area contributed by atoms with E-state index < -0.39 is 16.4 Å². The fraction of sp³-hybridized carbons (Fsp3) is 0.500. The molecule has 0 bridgehead atoms. The summed E-state index contributed by atoms with van der Waals surface area (Å²) in [4.78, 5) is 11.7. The smallest absolute Gasteiger partial charge is 0.202 e. The van der Waals surface area contributed by atoms with Crippen molar-refractivity contribution >= 4 is 34.0 Å². The zero-order valence-corrected chi connectivity index (χ0v) is 15.9. The highest BCUT2D eigenvalue weighted by atomic mass is 35.5. The molecule has 25 heavy (non-hydrogen) atoms. The van der Waals surface area contributed by atoms with Crippen LogP contribution in [0.25, 0.3) is 0 Å². The van der Waals surface area contributed by atoms with Crippen LogP contribution in [0.5, 0.6) is 0 Å². The number of thiol groups is 1. The second kappa shape index (κ2) is 7.48. The van der Waals surface area contributed by atoms with Gasteiger partial charge in [-0.2, -0.15) is 0 Å². The van der Waals surface area contributed by atoms with E-state index in [-0.39, 0.29) is 5.78 Å². The number of ketones is 1. The number of rotatable bonds is 5. The first-order chi connectivity index (χ1) is 11.9. The lowest BCUT2D eigenvalue weighted by atomic mass is 9.77. The Morgan fingerprint density at radius 3 is 2.40 bits per heavy atom. The van der Waals surface area contributed by atoms with Gasteiger partial charge >= 0.3 is 0 Å². The lowest BCUT2D eigenvalue weighted by Gasteiger charge is -2.37. The topological polar surface area (TPSA) is 75.3 Å². The summed E-state index contributed by atoms with van der Waals surface area (Å²) in [6.07, 6.45) is 5.88. The first-order valence-corrected chi connectivity index (χ1v) is 10.2. The summed E-state index contributed by atoms with van der Waals surface area (Å²) in [5, 5.41) is 3.79. The Morgan fingerprint density at radius 2 is 1.84 bits per heavy atom. The van der Waals surface area contributed by atoms with Gasteiger partial charge in [0.05, 0.1) is 16.2 Å². The van der Waals surface area contributed by atoms with E-state index in [9.17, 15) is 13.2 Å². The van der Waals surface area contributed by atoms with Crippen LogP contribution in [0.4, 0.5) is 5.69 Å². The fourth-order valence-electron chi connectivity index (χ4n) is 3.81. The first kappa shape index (κ1) is 18.4. The van der Waals surface area contributed by atoms with Crippen LogP contribution in [0.3, 0.4) is 0 Å². The van der Waals surface area contributed by atoms with Gasteiger partial charge in [0.2, 0.25) is 10.9 Å². The molecule has 0 atom stereocenters. The van der Waals surface area contributed by atoms with Gasteiger partial charge in [0.25, 0.3) is 0 Å². The third-order valence-corrected chi connectivity index (χ3v) is 6.22. The van der Waals surface area contributed by atoms with E-state index in [4.69, 9.17) is 11.6 Å². The van der Waals surface area contributed by atoms with Crippen LogP contribution in [-0.2, 0) is 21.2 Å². The van der Waals surface area contributed by atoms with E-state index in [0.29, 0.717) is 17.9 Å². The summed E-state index contributed by atoms with van der Waals surface area (Å²) in [6, 6.07) is 5.64. The molecule has 2 aliphatic rings. The van der Waals surface area contributed by atoms with Crippen molar-refractivity contribution in [3.8, 4) is 0 Å². The molecule has 0 aromatic heterocycles. The normalized spacial score (nSPS) is 20.4. The number of carbonyl (C=O) groups is 1. The second-order valence-electron chi connectivity index (χ2n) is 6.86. The van der Waals surface area contributed by atoms with Crippen molar-refractivity contribution in [2.45, 2.75) is 57.4 Å². The van der Waals surface area contributed by atoms with Crippen molar-refractivity contribution in [1.29, 1.82) is 0 Å². The van der Waals surface area contributed by atoms with Gasteiger partial charge in [0.15, 0.2) is 5.78 Å². The van der Waals surface area contributed by atoms with E-state index in [0.717, 1.165) is 54.6 Å². The second-order valence-corrected chi connectivity index (χ2v) is 8.00. The maximum Gasteiger partial charge on any atom is 0.202 e. The minimum absolute atomic E-state index is 0.167. The van der Waals surface area contributed by atoms with Gasteiger partial charge in [-0.05, 0) is 43.9 Å². The summed E-state index contributed by atoms with van der Waals surface area (Å²) in [5.74, 6) is 0.167.